The lowest BCUT2D eigenvalue weighted by atomic mass is 9.99. The molecule has 3 aromatic rings. The average Bonchev–Trinajstić information content (AvgIpc) is 3.27. The number of aromatic amines is 1. The number of aromatic nitrogens is 4. The molecule has 1 unspecified atom stereocenters. The summed E-state index contributed by atoms with van der Waals surface area (Å²) < 4.78 is 6.37. The number of imidazole rings is 1. The van der Waals surface area contributed by atoms with Crippen molar-refractivity contribution in [2.24, 2.45) is 5.92 Å². The number of nitrogens with zero attached hydrogens (tertiary/aromatic N) is 3. The highest BCUT2D eigenvalue weighted by atomic mass is 16.4. The molecule has 0 saturated heterocycles. The van der Waals surface area contributed by atoms with Crippen molar-refractivity contribution in [1.29, 1.82) is 0 Å². The number of aromatic hydroxyl groups is 1. The quantitative estimate of drug-likeness (QED) is 0.471. The Labute approximate surface area is 171 Å². The van der Waals surface area contributed by atoms with Crippen LogP contribution in [-0.4, -0.2) is 42.6 Å². The molecule has 0 aliphatic rings. The van der Waals surface area contributed by atoms with Gasteiger partial charge < -0.3 is 19.8 Å². The molecule has 2 heterocycles. The maximum absolute atomic E-state index is 12.8. The predicted molar refractivity (Wildman–Crippen MR) is 106 cm³/mol. The smallest absolute Gasteiger partial charge is 0.328 e. The molecule has 0 fully saturated rings. The van der Waals surface area contributed by atoms with Crippen molar-refractivity contribution in [2.45, 2.75) is 39.8 Å². The summed E-state index contributed by atoms with van der Waals surface area (Å²) in [4.78, 5) is 39.0. The number of benzene rings is 1. The minimum absolute atomic E-state index is 0.196. The molecule has 0 radical (unpaired) electrons. The van der Waals surface area contributed by atoms with E-state index in [0.29, 0.717) is 12.3 Å². The number of aryl methyl sites for hydroxylation is 1. The lowest BCUT2D eigenvalue weighted by Gasteiger charge is -2.19. The Balaban J connectivity index is 1.70. The van der Waals surface area contributed by atoms with Crippen molar-refractivity contribution in [1.82, 2.24) is 25.1 Å². The highest BCUT2D eigenvalue weighted by Crippen LogP contribution is 2.14. The van der Waals surface area contributed by atoms with Gasteiger partial charge in [0, 0.05) is 0 Å². The number of hydrogen-bond donors (Lipinski definition) is 3. The van der Waals surface area contributed by atoms with Gasteiger partial charge in [0.25, 0.3) is 5.89 Å². The molecule has 1 amide bonds. The predicted octanol–water partition coefficient (Wildman–Crippen LogP) is 1.19. The van der Waals surface area contributed by atoms with Crippen LogP contribution < -0.4 is 11.0 Å². The van der Waals surface area contributed by atoms with Crippen molar-refractivity contribution in [3.05, 3.63) is 63.9 Å². The zero-order chi connectivity index (χ0) is 21.8. The number of H-pyrrole nitrogens is 1. The van der Waals surface area contributed by atoms with Gasteiger partial charge in [-0.25, -0.2) is 4.79 Å². The molecule has 30 heavy (non-hydrogen) atoms. The zero-order valence-corrected chi connectivity index (χ0v) is 16.9. The number of carbonyl (C=O) groups excluding carboxylic acids is 2. The summed E-state index contributed by atoms with van der Waals surface area (Å²) in [7, 11) is 0. The van der Waals surface area contributed by atoms with E-state index in [9.17, 15) is 19.5 Å². The van der Waals surface area contributed by atoms with E-state index in [4.69, 9.17) is 4.42 Å². The van der Waals surface area contributed by atoms with E-state index in [1.54, 1.807) is 13.8 Å². The number of rotatable bonds is 8. The van der Waals surface area contributed by atoms with Crippen LogP contribution in [0.25, 0.3) is 0 Å². The maximum Gasteiger partial charge on any atom is 0.328 e. The summed E-state index contributed by atoms with van der Waals surface area (Å²) in [6, 6.07) is 6.88. The summed E-state index contributed by atoms with van der Waals surface area (Å²) >= 11 is 0. The van der Waals surface area contributed by atoms with Crippen LogP contribution in [0.1, 0.15) is 41.6 Å². The van der Waals surface area contributed by atoms with Crippen molar-refractivity contribution in [3.8, 4) is 5.88 Å². The Morgan fingerprint density at radius 2 is 2.07 bits per heavy atom. The first-order chi connectivity index (χ1) is 14.2. The van der Waals surface area contributed by atoms with E-state index < -0.39 is 30.0 Å². The van der Waals surface area contributed by atoms with Gasteiger partial charge in [0.15, 0.2) is 0 Å². The van der Waals surface area contributed by atoms with Crippen LogP contribution in [0.3, 0.4) is 0 Å². The molecule has 0 aliphatic heterocycles. The Morgan fingerprint density at radius 1 is 1.30 bits per heavy atom. The first kappa shape index (κ1) is 21.0. The van der Waals surface area contributed by atoms with E-state index >= 15 is 0 Å². The fourth-order valence-electron chi connectivity index (χ4n) is 2.99. The Bertz CT molecular complexity index is 1110. The van der Waals surface area contributed by atoms with Crippen LogP contribution in [0.4, 0.5) is 0 Å². The van der Waals surface area contributed by atoms with E-state index in [-0.39, 0.29) is 17.7 Å². The normalized spacial score (nSPS) is 12.1. The molecule has 1 atom stereocenters. The van der Waals surface area contributed by atoms with Crippen LogP contribution in [0.15, 0.2) is 39.7 Å². The standard InChI is InChI=1S/C20H23N5O5/c1-11(2)17(22-14(26)10-25-16(27)9-21-20(25)29)18(28)19-24-23-15(30-19)8-13-6-4-5-12(3)7-13/h4-7,9,11,17,27H,8,10H2,1-3H3,(H,21,29)(H,22,26). The van der Waals surface area contributed by atoms with Gasteiger partial charge in [-0.2, -0.15) is 0 Å². The van der Waals surface area contributed by atoms with Crippen molar-refractivity contribution in [3.63, 3.8) is 0 Å². The number of carbonyl (C=O) groups is 2. The van der Waals surface area contributed by atoms with Gasteiger partial charge in [0.2, 0.25) is 23.5 Å². The molecule has 0 aliphatic carbocycles. The van der Waals surface area contributed by atoms with E-state index in [0.717, 1.165) is 21.9 Å². The highest BCUT2D eigenvalue weighted by molar-refractivity contribution is 5.98. The van der Waals surface area contributed by atoms with Crippen LogP contribution in [-0.2, 0) is 17.8 Å². The minimum Gasteiger partial charge on any atom is -0.493 e. The number of nitrogens with one attached hydrogen (secondary N) is 2. The minimum atomic E-state index is -0.929. The average molecular weight is 413 g/mol. The monoisotopic (exact) mass is 413 g/mol. The van der Waals surface area contributed by atoms with Gasteiger partial charge in [-0.05, 0) is 18.4 Å². The molecule has 10 heteroatoms. The lowest BCUT2D eigenvalue weighted by molar-refractivity contribution is -0.122. The van der Waals surface area contributed by atoms with Gasteiger partial charge in [-0.3, -0.25) is 14.2 Å². The van der Waals surface area contributed by atoms with Crippen LogP contribution in [0.5, 0.6) is 5.88 Å². The molecular formula is C20H23N5O5. The third kappa shape index (κ3) is 4.83. The number of amides is 1. The molecule has 0 saturated carbocycles. The second kappa shape index (κ2) is 8.76. The van der Waals surface area contributed by atoms with Crippen molar-refractivity contribution in [2.75, 3.05) is 0 Å². The fraction of sp³-hybridized carbons (Fsp3) is 0.350. The number of hydrogen-bond acceptors (Lipinski definition) is 7. The van der Waals surface area contributed by atoms with Gasteiger partial charge >= 0.3 is 5.69 Å². The second-order valence-electron chi connectivity index (χ2n) is 7.36. The first-order valence-corrected chi connectivity index (χ1v) is 9.43. The summed E-state index contributed by atoms with van der Waals surface area (Å²) in [6.45, 7) is 5.05. The van der Waals surface area contributed by atoms with Crippen LogP contribution in [0.2, 0.25) is 0 Å². The molecule has 3 rings (SSSR count). The topological polar surface area (TPSA) is 143 Å². The maximum atomic E-state index is 12.8. The molecule has 1 aromatic carbocycles. The molecule has 0 bridgehead atoms. The van der Waals surface area contributed by atoms with Crippen molar-refractivity contribution < 1.29 is 19.1 Å². The molecule has 158 valence electrons. The molecule has 0 spiro atoms. The number of ketones is 1. The van der Waals surface area contributed by atoms with Crippen molar-refractivity contribution >= 4 is 11.7 Å². The van der Waals surface area contributed by atoms with Crippen LogP contribution in [0, 0.1) is 12.8 Å². The lowest BCUT2D eigenvalue weighted by Crippen LogP contribution is -2.46. The van der Waals surface area contributed by atoms with E-state index in [1.165, 1.54) is 0 Å². The summed E-state index contributed by atoms with van der Waals surface area (Å²) in [6.07, 6.45) is 1.46. The number of Topliss-reactive ketones (excluding diaryl/α,β-unsaturated/α-hetero) is 1. The summed E-state index contributed by atoms with van der Waals surface area (Å²) in [5, 5.41) is 19.9. The molecule has 2 aromatic heterocycles. The Morgan fingerprint density at radius 3 is 2.70 bits per heavy atom. The Kier molecular flexibility index (Phi) is 6.14. The SMILES string of the molecule is Cc1cccc(Cc2nnc(C(=O)C(NC(=O)Cn3c(O)c[nH]c3=O)C(C)C)o2)c1. The molecule has 10 nitrogen and oxygen atoms in total. The van der Waals surface area contributed by atoms with E-state index in [1.807, 2.05) is 31.2 Å². The fourth-order valence-corrected chi connectivity index (χ4v) is 2.99. The highest BCUT2D eigenvalue weighted by Gasteiger charge is 2.30. The summed E-state index contributed by atoms with van der Waals surface area (Å²) in [5.41, 5.74) is 1.44. The Hall–Kier alpha value is -3.69. The van der Waals surface area contributed by atoms with Crippen LogP contribution >= 0.6 is 0 Å². The van der Waals surface area contributed by atoms with Gasteiger partial charge in [-0.15, -0.1) is 10.2 Å². The first-order valence-electron chi connectivity index (χ1n) is 9.43. The summed E-state index contributed by atoms with van der Waals surface area (Å²) in [5.74, 6) is -1.68. The van der Waals surface area contributed by atoms with E-state index in [2.05, 4.69) is 20.5 Å². The largest absolute Gasteiger partial charge is 0.493 e. The van der Waals surface area contributed by atoms with Gasteiger partial charge in [0.1, 0.15) is 6.54 Å². The molecule has 3 N–H and O–H groups in total. The third-order valence-corrected chi connectivity index (χ3v) is 4.53. The third-order valence-electron chi connectivity index (χ3n) is 4.53. The second-order valence-corrected chi connectivity index (χ2v) is 7.36. The van der Waals surface area contributed by atoms with Gasteiger partial charge in [0.05, 0.1) is 18.7 Å². The van der Waals surface area contributed by atoms with Gasteiger partial charge in [-0.1, -0.05) is 43.7 Å². The zero-order valence-electron chi connectivity index (χ0n) is 16.9. The molecular weight excluding hydrogens is 390 g/mol.